The number of carbonyl (C=O) groups is 1. The van der Waals surface area contributed by atoms with Crippen molar-refractivity contribution in [1.82, 2.24) is 14.7 Å². The zero-order valence-electron chi connectivity index (χ0n) is 16.0. The van der Waals surface area contributed by atoms with E-state index in [1.807, 2.05) is 36.9 Å². The molecule has 0 radical (unpaired) electrons. The molecule has 0 saturated heterocycles. The molecule has 0 aliphatic carbocycles. The van der Waals surface area contributed by atoms with Gasteiger partial charge in [0.1, 0.15) is 5.82 Å². The quantitative estimate of drug-likeness (QED) is 0.673. The summed E-state index contributed by atoms with van der Waals surface area (Å²) in [6.07, 6.45) is 2.96. The van der Waals surface area contributed by atoms with Gasteiger partial charge >= 0.3 is 0 Å². The fourth-order valence-corrected chi connectivity index (χ4v) is 3.71. The maximum absolute atomic E-state index is 13.2. The van der Waals surface area contributed by atoms with Gasteiger partial charge in [0.2, 0.25) is 0 Å². The Morgan fingerprint density at radius 1 is 1.04 bits per heavy atom. The molecule has 1 aromatic heterocycles. The average molecular weight is 375 g/mol. The van der Waals surface area contributed by atoms with Gasteiger partial charge in [0.15, 0.2) is 0 Å². The van der Waals surface area contributed by atoms with Crippen LogP contribution in [0.4, 0.5) is 4.39 Å². The highest BCUT2D eigenvalue weighted by molar-refractivity contribution is 5.97. The molecular weight excluding hydrogens is 353 g/mol. The fraction of sp³-hybridized carbons (Fsp3) is 0.217. The van der Waals surface area contributed by atoms with E-state index in [0.29, 0.717) is 24.3 Å². The van der Waals surface area contributed by atoms with Gasteiger partial charge < -0.3 is 4.90 Å². The monoisotopic (exact) mass is 375 g/mol. The number of carbonyl (C=O) groups excluding carboxylic acids is 1. The Kier molecular flexibility index (Phi) is 4.82. The van der Waals surface area contributed by atoms with Crippen molar-refractivity contribution in [1.29, 1.82) is 0 Å². The van der Waals surface area contributed by atoms with E-state index in [1.54, 1.807) is 16.8 Å². The Balaban J connectivity index is 1.58. The van der Waals surface area contributed by atoms with Crippen molar-refractivity contribution in [2.45, 2.75) is 20.3 Å². The molecule has 0 spiro atoms. The predicted molar refractivity (Wildman–Crippen MR) is 108 cm³/mol. The third-order valence-corrected chi connectivity index (χ3v) is 5.22. The first kappa shape index (κ1) is 18.2. The minimum atomic E-state index is -0.295. The van der Waals surface area contributed by atoms with Crippen LogP contribution in [-0.4, -0.2) is 33.7 Å². The predicted octanol–water partition coefficient (Wildman–Crippen LogP) is 4.56. The first-order valence-corrected chi connectivity index (χ1v) is 9.40. The van der Waals surface area contributed by atoms with Crippen molar-refractivity contribution >= 4 is 11.5 Å². The molecule has 0 saturated carbocycles. The number of hydrogen-bond acceptors (Lipinski definition) is 2. The van der Waals surface area contributed by atoms with E-state index in [9.17, 15) is 9.18 Å². The molecule has 0 N–H and O–H groups in total. The molecule has 4 rings (SSSR count). The molecule has 0 atom stereocenters. The van der Waals surface area contributed by atoms with Crippen molar-refractivity contribution in [2.24, 2.45) is 0 Å². The van der Waals surface area contributed by atoms with Gasteiger partial charge in [-0.1, -0.05) is 36.4 Å². The van der Waals surface area contributed by atoms with E-state index >= 15 is 0 Å². The van der Waals surface area contributed by atoms with E-state index in [-0.39, 0.29) is 11.7 Å². The number of hydrogen-bond donors (Lipinski definition) is 0. The molecule has 2 heterocycles. The van der Waals surface area contributed by atoms with Crippen LogP contribution in [-0.2, 0) is 0 Å². The van der Waals surface area contributed by atoms with Gasteiger partial charge in [-0.15, -0.1) is 0 Å². The third-order valence-electron chi connectivity index (χ3n) is 5.22. The number of amides is 1. The van der Waals surface area contributed by atoms with Crippen molar-refractivity contribution in [2.75, 3.05) is 13.1 Å². The number of aryl methyl sites for hydroxylation is 1. The van der Waals surface area contributed by atoms with Crippen LogP contribution in [0.25, 0.3) is 11.3 Å². The summed E-state index contributed by atoms with van der Waals surface area (Å²) in [5.41, 5.74) is 5.31. The Bertz CT molecular complexity index is 1040. The van der Waals surface area contributed by atoms with Crippen molar-refractivity contribution < 1.29 is 9.18 Å². The Labute approximate surface area is 163 Å². The van der Waals surface area contributed by atoms with Gasteiger partial charge in [-0.2, -0.15) is 5.10 Å². The summed E-state index contributed by atoms with van der Waals surface area (Å²) in [6, 6.07) is 16.4. The van der Waals surface area contributed by atoms with Gasteiger partial charge in [-0.05, 0) is 55.7 Å². The summed E-state index contributed by atoms with van der Waals surface area (Å²) in [5.74, 6) is -0.303. The van der Waals surface area contributed by atoms with Crippen molar-refractivity contribution in [3.05, 3.63) is 89.0 Å². The summed E-state index contributed by atoms with van der Waals surface area (Å²) in [4.78, 5) is 15.0. The summed E-state index contributed by atoms with van der Waals surface area (Å²) >= 11 is 0. The number of halogens is 1. The van der Waals surface area contributed by atoms with Gasteiger partial charge in [0.05, 0.1) is 22.6 Å². The lowest BCUT2D eigenvalue weighted by Gasteiger charge is -2.27. The summed E-state index contributed by atoms with van der Waals surface area (Å²) in [5, 5.41) is 4.52. The maximum atomic E-state index is 13.2. The van der Waals surface area contributed by atoms with Crippen LogP contribution in [0.3, 0.4) is 0 Å². The fourth-order valence-electron chi connectivity index (χ4n) is 3.71. The van der Waals surface area contributed by atoms with Crippen LogP contribution in [0, 0.1) is 19.7 Å². The Morgan fingerprint density at radius 2 is 1.75 bits per heavy atom. The number of rotatable bonds is 3. The lowest BCUT2D eigenvalue weighted by atomic mass is 9.99. The molecule has 1 aliphatic rings. The average Bonchev–Trinajstić information content (AvgIpc) is 3.03. The Morgan fingerprint density at radius 3 is 2.39 bits per heavy atom. The molecule has 5 heteroatoms. The number of benzene rings is 2. The van der Waals surface area contributed by atoms with E-state index in [2.05, 4.69) is 23.3 Å². The van der Waals surface area contributed by atoms with Gasteiger partial charge in [-0.3, -0.25) is 4.79 Å². The van der Waals surface area contributed by atoms with Gasteiger partial charge in [0.25, 0.3) is 5.91 Å². The van der Waals surface area contributed by atoms with Gasteiger partial charge in [0, 0.05) is 13.1 Å². The topological polar surface area (TPSA) is 38.1 Å². The highest BCUT2D eigenvalue weighted by Crippen LogP contribution is 2.25. The van der Waals surface area contributed by atoms with Crippen molar-refractivity contribution in [3.63, 3.8) is 0 Å². The minimum absolute atomic E-state index is 0.00766. The third kappa shape index (κ3) is 3.36. The van der Waals surface area contributed by atoms with Crippen molar-refractivity contribution in [3.8, 4) is 5.69 Å². The van der Waals surface area contributed by atoms with Crippen LogP contribution in [0.1, 0.15) is 33.7 Å². The molecule has 3 aromatic rings. The van der Waals surface area contributed by atoms with E-state index in [4.69, 9.17) is 0 Å². The lowest BCUT2D eigenvalue weighted by molar-refractivity contribution is 0.0771. The molecular formula is C23H22FN3O. The van der Waals surface area contributed by atoms with E-state index < -0.39 is 0 Å². The highest BCUT2D eigenvalue weighted by Gasteiger charge is 2.25. The van der Waals surface area contributed by atoms with Crippen LogP contribution in [0.5, 0.6) is 0 Å². The first-order valence-electron chi connectivity index (χ1n) is 9.40. The largest absolute Gasteiger partial charge is 0.334 e. The molecule has 0 unspecified atom stereocenters. The minimum Gasteiger partial charge on any atom is -0.334 e. The second-order valence-electron chi connectivity index (χ2n) is 7.03. The van der Waals surface area contributed by atoms with E-state index in [0.717, 1.165) is 17.8 Å². The molecule has 1 aliphatic heterocycles. The van der Waals surface area contributed by atoms with Crippen LogP contribution >= 0.6 is 0 Å². The number of nitrogens with zero attached hydrogens (tertiary/aromatic N) is 3. The van der Waals surface area contributed by atoms with Crippen LogP contribution in [0.2, 0.25) is 0 Å². The molecule has 0 bridgehead atoms. The second kappa shape index (κ2) is 7.43. The molecule has 0 fully saturated rings. The normalized spacial score (nSPS) is 14.1. The summed E-state index contributed by atoms with van der Waals surface area (Å²) in [6.45, 7) is 4.99. The molecule has 4 nitrogen and oxygen atoms in total. The molecule has 2 aromatic carbocycles. The highest BCUT2D eigenvalue weighted by atomic mass is 19.1. The van der Waals surface area contributed by atoms with E-state index in [1.165, 1.54) is 23.3 Å². The summed E-state index contributed by atoms with van der Waals surface area (Å²) in [7, 11) is 0. The number of aromatic nitrogens is 2. The smallest absolute Gasteiger partial charge is 0.257 e. The maximum Gasteiger partial charge on any atom is 0.257 e. The SMILES string of the molecule is Cc1nn(-c2ccc(F)cc2)c(C)c1C(=O)N1CC=C(c2ccccc2)CC1. The molecule has 28 heavy (non-hydrogen) atoms. The second-order valence-corrected chi connectivity index (χ2v) is 7.03. The van der Waals surface area contributed by atoms with Crippen LogP contribution < -0.4 is 0 Å². The lowest BCUT2D eigenvalue weighted by Crippen LogP contribution is -2.35. The Hall–Kier alpha value is -3.21. The van der Waals surface area contributed by atoms with Crippen LogP contribution in [0.15, 0.2) is 60.7 Å². The zero-order chi connectivity index (χ0) is 19.7. The molecule has 142 valence electrons. The van der Waals surface area contributed by atoms with Gasteiger partial charge in [-0.25, -0.2) is 9.07 Å². The standard InChI is InChI=1S/C23H22FN3O/c1-16-22(17(2)27(25-16)21-10-8-20(24)9-11-21)23(28)26-14-12-19(13-15-26)18-6-4-3-5-7-18/h3-12H,13-15H2,1-2H3. The zero-order valence-corrected chi connectivity index (χ0v) is 16.0. The summed E-state index contributed by atoms with van der Waals surface area (Å²) < 4.78 is 14.9. The first-order chi connectivity index (χ1) is 13.5. The molecule has 1 amide bonds.